The van der Waals surface area contributed by atoms with Gasteiger partial charge in [0.15, 0.2) is 0 Å². The average Bonchev–Trinajstić information content (AvgIpc) is 2.19. The predicted octanol–water partition coefficient (Wildman–Crippen LogP) is 1.90. The molecule has 0 aliphatic carbocycles. The number of nitrogens with one attached hydrogen (secondary N) is 1. The van der Waals surface area contributed by atoms with Gasteiger partial charge in [0.2, 0.25) is 0 Å². The van der Waals surface area contributed by atoms with Gasteiger partial charge in [0.1, 0.15) is 5.75 Å². The Morgan fingerprint density at radius 2 is 1.92 bits per heavy atom. The van der Waals surface area contributed by atoms with Crippen molar-refractivity contribution in [3.8, 4) is 5.75 Å². The highest BCUT2D eigenvalue weighted by molar-refractivity contribution is 7.56. The van der Waals surface area contributed by atoms with Gasteiger partial charge in [-0.05, 0) is 31.5 Å². The maximum atomic E-state index is 5.49. The van der Waals surface area contributed by atoms with E-state index in [1.54, 1.807) is 0 Å². The number of hydrogen-bond donors (Lipinski definition) is 1. The Kier molecular flexibility index (Phi) is 5.45. The van der Waals surface area contributed by atoms with Gasteiger partial charge in [-0.1, -0.05) is 18.2 Å². The highest BCUT2D eigenvalue weighted by atomic mass is 32.1. The Morgan fingerprint density at radius 1 is 1.15 bits per heavy atom. The zero-order valence-electron chi connectivity index (χ0n) is 7.53. The van der Waals surface area contributed by atoms with Crippen molar-refractivity contribution in [1.29, 1.82) is 0 Å². The first-order valence-electron chi connectivity index (χ1n) is 4.46. The summed E-state index contributed by atoms with van der Waals surface area (Å²) in [7, 11) is 0. The Bertz CT molecular complexity index is 215. The molecule has 1 aromatic rings. The summed E-state index contributed by atoms with van der Waals surface area (Å²) in [4.78, 5) is 0. The Labute approximate surface area is 84.8 Å². The van der Waals surface area contributed by atoms with Crippen molar-refractivity contribution in [2.45, 2.75) is 12.8 Å². The van der Waals surface area contributed by atoms with Crippen LogP contribution in [0.3, 0.4) is 0 Å². The largest absolute Gasteiger partial charge is 0.705 e. The van der Waals surface area contributed by atoms with Crippen LogP contribution in [0.2, 0.25) is 0 Å². The second-order valence-electron chi connectivity index (χ2n) is 2.76. The van der Waals surface area contributed by atoms with E-state index in [0.29, 0.717) is 0 Å². The molecule has 0 unspecified atom stereocenters. The number of unbranched alkanes of at least 4 members (excludes halogenated alkanes) is 1. The SMILES string of the molecule is [S-]NCCCCOc1ccccc1. The number of benzene rings is 1. The minimum atomic E-state index is 0.765. The third-order valence-corrected chi connectivity index (χ3v) is 1.89. The summed E-state index contributed by atoms with van der Waals surface area (Å²) in [5.74, 6) is 0.939. The summed E-state index contributed by atoms with van der Waals surface area (Å²) in [6.07, 6.45) is 2.11. The van der Waals surface area contributed by atoms with E-state index in [1.807, 2.05) is 30.3 Å². The standard InChI is InChI=1S/C10H14NOS/c13-11-8-4-5-9-12-10-6-2-1-3-7-10/h1-3,6-7,11H,4-5,8-9H2/q-1. The molecule has 0 amide bonds. The Morgan fingerprint density at radius 3 is 2.62 bits per heavy atom. The van der Waals surface area contributed by atoms with Crippen molar-refractivity contribution in [3.63, 3.8) is 0 Å². The molecule has 0 saturated carbocycles. The summed E-state index contributed by atoms with van der Waals surface area (Å²) in [6, 6.07) is 9.85. The van der Waals surface area contributed by atoms with E-state index in [1.165, 1.54) is 0 Å². The van der Waals surface area contributed by atoms with E-state index in [4.69, 9.17) is 4.74 Å². The number of rotatable bonds is 6. The number of ether oxygens (including phenoxy) is 1. The molecule has 0 aliphatic rings. The summed E-state index contributed by atoms with van der Waals surface area (Å²) in [6.45, 7) is 1.65. The van der Waals surface area contributed by atoms with E-state index >= 15 is 0 Å². The van der Waals surface area contributed by atoms with E-state index < -0.39 is 0 Å². The third kappa shape index (κ3) is 4.80. The van der Waals surface area contributed by atoms with Crippen LogP contribution < -0.4 is 9.46 Å². The van der Waals surface area contributed by atoms with Crippen LogP contribution >= 0.6 is 0 Å². The summed E-state index contributed by atoms with van der Waals surface area (Å²) >= 11 is 4.60. The van der Waals surface area contributed by atoms with Crippen molar-refractivity contribution >= 4 is 12.8 Å². The Hall–Kier alpha value is -0.670. The first-order chi connectivity index (χ1) is 6.43. The minimum Gasteiger partial charge on any atom is -0.705 e. The molecule has 0 heterocycles. The normalized spacial score (nSPS) is 9.92. The lowest BCUT2D eigenvalue weighted by atomic mass is 10.3. The highest BCUT2D eigenvalue weighted by Gasteiger charge is 1.90. The number of para-hydroxylation sites is 1. The maximum absolute atomic E-state index is 5.49. The lowest BCUT2D eigenvalue weighted by Gasteiger charge is -2.08. The molecular weight excluding hydrogens is 182 g/mol. The van der Waals surface area contributed by atoms with Crippen molar-refractivity contribution in [2.24, 2.45) is 0 Å². The van der Waals surface area contributed by atoms with Crippen LogP contribution in [-0.4, -0.2) is 13.2 Å². The van der Waals surface area contributed by atoms with Gasteiger partial charge in [0.05, 0.1) is 6.61 Å². The van der Waals surface area contributed by atoms with Gasteiger partial charge in [0, 0.05) is 0 Å². The van der Waals surface area contributed by atoms with Crippen molar-refractivity contribution in [3.05, 3.63) is 30.3 Å². The molecule has 0 fully saturated rings. The van der Waals surface area contributed by atoms with E-state index in [9.17, 15) is 0 Å². The number of hydrogen-bond acceptors (Lipinski definition) is 3. The second-order valence-corrected chi connectivity index (χ2v) is 3.05. The lowest BCUT2D eigenvalue weighted by Crippen LogP contribution is -2.07. The van der Waals surface area contributed by atoms with Gasteiger partial charge in [-0.2, -0.15) is 0 Å². The molecule has 0 bridgehead atoms. The van der Waals surface area contributed by atoms with Gasteiger partial charge in [-0.15, -0.1) is 0 Å². The summed E-state index contributed by atoms with van der Waals surface area (Å²) < 4.78 is 8.18. The topological polar surface area (TPSA) is 21.3 Å². The van der Waals surface area contributed by atoms with Gasteiger partial charge in [-0.3, -0.25) is 0 Å². The van der Waals surface area contributed by atoms with E-state index in [-0.39, 0.29) is 0 Å². The molecule has 0 aliphatic heterocycles. The molecule has 0 aromatic heterocycles. The quantitative estimate of drug-likeness (QED) is 0.554. The zero-order valence-corrected chi connectivity index (χ0v) is 8.35. The van der Waals surface area contributed by atoms with Crippen LogP contribution in [-0.2, 0) is 12.8 Å². The first kappa shape index (κ1) is 10.4. The highest BCUT2D eigenvalue weighted by Crippen LogP contribution is 2.08. The van der Waals surface area contributed by atoms with Crippen molar-refractivity contribution in [2.75, 3.05) is 13.2 Å². The fourth-order valence-corrected chi connectivity index (χ4v) is 1.15. The van der Waals surface area contributed by atoms with Crippen LogP contribution in [0.25, 0.3) is 0 Å². The fraction of sp³-hybridized carbons (Fsp3) is 0.400. The van der Waals surface area contributed by atoms with Crippen LogP contribution in [0, 0.1) is 0 Å². The molecule has 0 spiro atoms. The smallest absolute Gasteiger partial charge is 0.119 e. The fourth-order valence-electron chi connectivity index (χ4n) is 1.01. The lowest BCUT2D eigenvalue weighted by molar-refractivity contribution is 0.307. The summed E-state index contributed by atoms with van der Waals surface area (Å²) in [5, 5.41) is 0. The van der Waals surface area contributed by atoms with Crippen LogP contribution in [0.15, 0.2) is 30.3 Å². The minimum absolute atomic E-state index is 0.765. The zero-order chi connectivity index (χ0) is 9.36. The molecule has 0 radical (unpaired) electrons. The molecule has 72 valence electrons. The molecule has 1 aromatic carbocycles. The van der Waals surface area contributed by atoms with Gasteiger partial charge < -0.3 is 22.3 Å². The van der Waals surface area contributed by atoms with Gasteiger partial charge in [0.25, 0.3) is 0 Å². The molecule has 0 atom stereocenters. The van der Waals surface area contributed by atoms with E-state index in [0.717, 1.165) is 31.7 Å². The predicted molar refractivity (Wildman–Crippen MR) is 56.5 cm³/mol. The van der Waals surface area contributed by atoms with Crippen LogP contribution in [0.5, 0.6) is 5.75 Å². The summed E-state index contributed by atoms with van der Waals surface area (Å²) in [5.41, 5.74) is 0. The average molecular weight is 196 g/mol. The van der Waals surface area contributed by atoms with Crippen LogP contribution in [0.4, 0.5) is 0 Å². The van der Waals surface area contributed by atoms with Gasteiger partial charge >= 0.3 is 0 Å². The molecule has 1 rings (SSSR count). The van der Waals surface area contributed by atoms with Crippen LogP contribution in [0.1, 0.15) is 12.8 Å². The third-order valence-electron chi connectivity index (χ3n) is 1.69. The second kappa shape index (κ2) is 6.80. The van der Waals surface area contributed by atoms with E-state index in [2.05, 4.69) is 17.5 Å². The maximum Gasteiger partial charge on any atom is 0.119 e. The molecule has 0 saturated heterocycles. The molecule has 1 N–H and O–H groups in total. The van der Waals surface area contributed by atoms with Crippen molar-refractivity contribution < 1.29 is 4.74 Å². The molecule has 2 nitrogen and oxygen atoms in total. The molecule has 13 heavy (non-hydrogen) atoms. The molecular formula is C10H14NOS-. The Balaban J connectivity index is 2.07. The first-order valence-corrected chi connectivity index (χ1v) is 4.87. The molecule has 3 heteroatoms. The van der Waals surface area contributed by atoms with Gasteiger partial charge in [-0.25, -0.2) is 0 Å². The monoisotopic (exact) mass is 196 g/mol. The van der Waals surface area contributed by atoms with Crippen molar-refractivity contribution in [1.82, 2.24) is 4.72 Å².